The van der Waals surface area contributed by atoms with Gasteiger partial charge in [0.25, 0.3) is 5.92 Å². The Hall–Kier alpha value is -1.52. The molecule has 2 fully saturated rings. The SMILES string of the molecule is Cc1cc(F)cc([C@@H]2CC[C@H]3C[C@](C)(C(C)(F)F)C(=O)N32)c1. The fourth-order valence-electron chi connectivity index (χ4n) is 3.89. The fourth-order valence-corrected chi connectivity index (χ4v) is 3.89. The van der Waals surface area contributed by atoms with E-state index in [1.165, 1.54) is 19.1 Å². The molecule has 22 heavy (non-hydrogen) atoms. The summed E-state index contributed by atoms with van der Waals surface area (Å²) < 4.78 is 41.5. The second-order valence-corrected chi connectivity index (χ2v) is 6.95. The third kappa shape index (κ3) is 2.13. The highest BCUT2D eigenvalue weighted by atomic mass is 19.3. The number of nitrogens with zero attached hydrogens (tertiary/aromatic N) is 1. The number of fused-ring (bicyclic) bond motifs is 1. The number of carbonyl (C=O) groups excluding carboxylic acids is 1. The van der Waals surface area contributed by atoms with Crippen molar-refractivity contribution in [1.82, 2.24) is 4.90 Å². The molecule has 0 saturated carbocycles. The largest absolute Gasteiger partial charge is 0.332 e. The molecule has 0 radical (unpaired) electrons. The number of amides is 1. The molecule has 0 bridgehead atoms. The zero-order valence-corrected chi connectivity index (χ0v) is 13.0. The van der Waals surface area contributed by atoms with Crippen molar-refractivity contribution in [3.8, 4) is 0 Å². The summed E-state index contributed by atoms with van der Waals surface area (Å²) in [5.74, 6) is -3.92. The minimum atomic E-state index is -3.06. The molecular weight excluding hydrogens is 291 g/mol. The first-order chi connectivity index (χ1) is 10.1. The van der Waals surface area contributed by atoms with Gasteiger partial charge in [-0.05, 0) is 56.4 Å². The van der Waals surface area contributed by atoms with Crippen LogP contribution in [-0.2, 0) is 4.79 Å². The van der Waals surface area contributed by atoms with Gasteiger partial charge in [0.1, 0.15) is 11.2 Å². The van der Waals surface area contributed by atoms with Gasteiger partial charge in [0.05, 0.1) is 6.04 Å². The highest BCUT2D eigenvalue weighted by Crippen LogP contribution is 2.54. The van der Waals surface area contributed by atoms with Crippen LogP contribution >= 0.6 is 0 Å². The van der Waals surface area contributed by atoms with Gasteiger partial charge in [-0.1, -0.05) is 6.07 Å². The van der Waals surface area contributed by atoms with Crippen LogP contribution in [0, 0.1) is 18.2 Å². The highest BCUT2D eigenvalue weighted by molar-refractivity contribution is 5.87. The Labute approximate surface area is 128 Å². The topological polar surface area (TPSA) is 20.3 Å². The van der Waals surface area contributed by atoms with E-state index in [9.17, 15) is 18.0 Å². The number of aryl methyl sites for hydroxylation is 1. The summed E-state index contributed by atoms with van der Waals surface area (Å²) in [6, 6.07) is 4.20. The molecule has 3 atom stereocenters. The van der Waals surface area contributed by atoms with Crippen LogP contribution in [0.2, 0.25) is 0 Å². The summed E-state index contributed by atoms with van der Waals surface area (Å²) >= 11 is 0. The van der Waals surface area contributed by atoms with E-state index >= 15 is 0 Å². The Morgan fingerprint density at radius 1 is 1.27 bits per heavy atom. The normalized spacial score (nSPS) is 31.7. The molecule has 0 unspecified atom stereocenters. The van der Waals surface area contributed by atoms with Crippen molar-refractivity contribution in [1.29, 1.82) is 0 Å². The number of hydrogen-bond acceptors (Lipinski definition) is 1. The van der Waals surface area contributed by atoms with Gasteiger partial charge in [-0.3, -0.25) is 4.79 Å². The van der Waals surface area contributed by atoms with Crippen LogP contribution in [-0.4, -0.2) is 22.8 Å². The molecule has 1 aromatic rings. The lowest BCUT2D eigenvalue weighted by Gasteiger charge is -2.31. The first-order valence-corrected chi connectivity index (χ1v) is 7.61. The molecule has 1 amide bonds. The van der Waals surface area contributed by atoms with E-state index in [2.05, 4.69) is 0 Å². The van der Waals surface area contributed by atoms with Gasteiger partial charge in [-0.25, -0.2) is 13.2 Å². The Morgan fingerprint density at radius 2 is 1.95 bits per heavy atom. The average Bonchev–Trinajstić information content (AvgIpc) is 2.88. The average molecular weight is 311 g/mol. The summed E-state index contributed by atoms with van der Waals surface area (Å²) in [6.45, 7) is 3.95. The monoisotopic (exact) mass is 311 g/mol. The van der Waals surface area contributed by atoms with Crippen molar-refractivity contribution in [2.24, 2.45) is 5.41 Å². The zero-order chi connectivity index (χ0) is 16.3. The lowest BCUT2D eigenvalue weighted by molar-refractivity contribution is -0.156. The summed E-state index contributed by atoms with van der Waals surface area (Å²) in [7, 11) is 0. The minimum Gasteiger partial charge on any atom is -0.332 e. The van der Waals surface area contributed by atoms with Crippen molar-refractivity contribution in [2.75, 3.05) is 0 Å². The zero-order valence-electron chi connectivity index (χ0n) is 13.0. The standard InChI is InChI=1S/C17H20F3NO/c1-10-6-11(8-12(18)7-10)14-5-4-13-9-16(2,17(3,19)20)15(22)21(13)14/h6-8,13-14H,4-5,9H2,1-3H3/t13-,14-,16-/m0/s1. The summed E-state index contributed by atoms with van der Waals surface area (Å²) in [5, 5.41) is 0. The molecule has 3 rings (SSSR count). The van der Waals surface area contributed by atoms with Gasteiger partial charge < -0.3 is 4.90 Å². The lowest BCUT2D eigenvalue weighted by Crippen LogP contribution is -2.44. The smallest absolute Gasteiger partial charge is 0.259 e. The molecule has 0 aliphatic carbocycles. The van der Waals surface area contributed by atoms with Crippen LogP contribution in [0.15, 0.2) is 18.2 Å². The molecule has 2 heterocycles. The molecule has 2 aliphatic heterocycles. The number of rotatable bonds is 2. The van der Waals surface area contributed by atoms with Crippen LogP contribution in [0.25, 0.3) is 0 Å². The quantitative estimate of drug-likeness (QED) is 0.800. The van der Waals surface area contributed by atoms with E-state index in [0.717, 1.165) is 12.5 Å². The van der Waals surface area contributed by atoms with E-state index in [-0.39, 0.29) is 24.3 Å². The van der Waals surface area contributed by atoms with E-state index in [1.807, 2.05) is 6.07 Å². The Balaban J connectivity index is 1.97. The van der Waals surface area contributed by atoms with Crippen LogP contribution in [0.1, 0.15) is 50.3 Å². The number of alkyl halides is 2. The predicted molar refractivity (Wildman–Crippen MR) is 77.1 cm³/mol. The third-order valence-corrected chi connectivity index (χ3v) is 5.27. The van der Waals surface area contributed by atoms with Gasteiger partial charge >= 0.3 is 0 Å². The van der Waals surface area contributed by atoms with Gasteiger partial charge in [0, 0.05) is 13.0 Å². The number of hydrogen-bond donors (Lipinski definition) is 0. The van der Waals surface area contributed by atoms with Crippen molar-refractivity contribution < 1.29 is 18.0 Å². The first kappa shape index (κ1) is 15.4. The van der Waals surface area contributed by atoms with Crippen LogP contribution < -0.4 is 0 Å². The summed E-state index contributed by atoms with van der Waals surface area (Å²) in [5.41, 5.74) is -0.177. The highest BCUT2D eigenvalue weighted by Gasteiger charge is 2.62. The predicted octanol–water partition coefficient (Wildman–Crippen LogP) is 4.23. The maximum atomic E-state index is 13.9. The minimum absolute atomic E-state index is 0.167. The van der Waals surface area contributed by atoms with Crippen molar-refractivity contribution >= 4 is 5.91 Å². The summed E-state index contributed by atoms with van der Waals surface area (Å²) in [6.07, 6.45) is 1.56. The Kier molecular flexibility index (Phi) is 3.31. The second kappa shape index (κ2) is 4.74. The number of benzene rings is 1. The molecule has 5 heteroatoms. The molecule has 2 aliphatic rings. The van der Waals surface area contributed by atoms with Crippen molar-refractivity contribution in [3.05, 3.63) is 35.1 Å². The molecule has 0 spiro atoms. The Bertz CT molecular complexity index is 605. The van der Waals surface area contributed by atoms with Crippen LogP contribution in [0.4, 0.5) is 13.2 Å². The van der Waals surface area contributed by atoms with Crippen LogP contribution in [0.5, 0.6) is 0 Å². The molecule has 2 saturated heterocycles. The van der Waals surface area contributed by atoms with E-state index in [1.54, 1.807) is 11.8 Å². The Morgan fingerprint density at radius 3 is 2.55 bits per heavy atom. The third-order valence-electron chi connectivity index (χ3n) is 5.27. The van der Waals surface area contributed by atoms with Crippen molar-refractivity contribution in [2.45, 2.75) is 58.0 Å². The maximum absolute atomic E-state index is 13.9. The van der Waals surface area contributed by atoms with Crippen molar-refractivity contribution in [3.63, 3.8) is 0 Å². The van der Waals surface area contributed by atoms with Gasteiger partial charge in [0.15, 0.2) is 0 Å². The molecular formula is C17H20F3NO. The van der Waals surface area contributed by atoms with Crippen LogP contribution in [0.3, 0.4) is 0 Å². The maximum Gasteiger partial charge on any atom is 0.259 e. The fraction of sp³-hybridized carbons (Fsp3) is 0.588. The second-order valence-electron chi connectivity index (χ2n) is 6.95. The first-order valence-electron chi connectivity index (χ1n) is 7.61. The number of carbonyl (C=O) groups is 1. The van der Waals surface area contributed by atoms with E-state index in [4.69, 9.17) is 0 Å². The van der Waals surface area contributed by atoms with Gasteiger partial charge in [0.2, 0.25) is 5.91 Å². The van der Waals surface area contributed by atoms with Gasteiger partial charge in [-0.2, -0.15) is 0 Å². The molecule has 0 N–H and O–H groups in total. The molecule has 120 valence electrons. The molecule has 1 aromatic carbocycles. The lowest BCUT2D eigenvalue weighted by atomic mass is 9.80. The number of halogens is 3. The van der Waals surface area contributed by atoms with E-state index in [0.29, 0.717) is 18.4 Å². The van der Waals surface area contributed by atoms with Gasteiger partial charge in [-0.15, -0.1) is 0 Å². The van der Waals surface area contributed by atoms with E-state index < -0.39 is 17.2 Å². The summed E-state index contributed by atoms with van der Waals surface area (Å²) in [4.78, 5) is 14.2. The molecule has 0 aromatic heterocycles. The molecule has 2 nitrogen and oxygen atoms in total.